The highest BCUT2D eigenvalue weighted by molar-refractivity contribution is 8.09. The Morgan fingerprint density at radius 1 is 0.981 bits per heavy atom. The highest BCUT2D eigenvalue weighted by atomic mass is 32.5. The molecule has 1 aromatic carbocycles. The number of carbonyl (C=O) groups excluding carboxylic acids is 2. The predicted molar refractivity (Wildman–Crippen MR) is 222 cm³/mol. The first kappa shape index (κ1) is 43.4. The van der Waals surface area contributed by atoms with Gasteiger partial charge in [-0.1, -0.05) is 102 Å². The number of unbranched alkanes of at least 4 members (excludes halogenated alkanes) is 4. The summed E-state index contributed by atoms with van der Waals surface area (Å²) < 4.78 is 11.7. The second-order valence-electron chi connectivity index (χ2n) is 18.2. The zero-order valence-corrected chi connectivity index (χ0v) is 35.6. The van der Waals surface area contributed by atoms with E-state index in [0.717, 1.165) is 73.7 Å². The number of alkyl carbamates (subject to hydrolysis) is 1. The molecular weight excluding hydrogens is 716 g/mol. The molecule has 3 saturated carbocycles. The Bertz CT molecular complexity index is 1450. The molecule has 304 valence electrons. The molecule has 10 heteroatoms. The molecule has 5 rings (SSSR count). The maximum absolute atomic E-state index is 12.8. The third-order valence-electron chi connectivity index (χ3n) is 14.1. The lowest BCUT2D eigenvalue weighted by Crippen LogP contribution is -2.50. The van der Waals surface area contributed by atoms with Crippen molar-refractivity contribution in [1.29, 1.82) is 0 Å². The van der Waals surface area contributed by atoms with Gasteiger partial charge in [-0.25, -0.2) is 4.79 Å². The molecule has 54 heavy (non-hydrogen) atoms. The van der Waals surface area contributed by atoms with Crippen LogP contribution in [0.25, 0.3) is 0 Å². The Balaban J connectivity index is 0.985. The van der Waals surface area contributed by atoms with Crippen LogP contribution in [0.1, 0.15) is 149 Å². The van der Waals surface area contributed by atoms with E-state index in [-0.39, 0.29) is 30.1 Å². The van der Waals surface area contributed by atoms with Gasteiger partial charge in [0.2, 0.25) is 5.91 Å². The molecule has 0 bridgehead atoms. The number of hydrogen-bond acceptors (Lipinski definition) is 6. The van der Waals surface area contributed by atoms with Crippen molar-refractivity contribution in [1.82, 2.24) is 10.6 Å². The summed E-state index contributed by atoms with van der Waals surface area (Å²) in [7, 11) is 0. The van der Waals surface area contributed by atoms with E-state index >= 15 is 0 Å². The van der Waals surface area contributed by atoms with Crippen LogP contribution in [-0.2, 0) is 25.9 Å². The van der Waals surface area contributed by atoms with E-state index in [4.69, 9.17) is 21.1 Å². The first-order valence-corrected chi connectivity index (χ1v) is 24.4. The molecule has 10 unspecified atom stereocenters. The van der Waals surface area contributed by atoms with Gasteiger partial charge in [-0.2, -0.15) is 0 Å². The minimum atomic E-state index is -3.05. The first-order chi connectivity index (χ1) is 25.7. The summed E-state index contributed by atoms with van der Waals surface area (Å²) >= 11 is 5.11. The number of allylic oxidation sites excluding steroid dienone is 1. The molecule has 0 spiro atoms. The van der Waals surface area contributed by atoms with Crippen LogP contribution < -0.4 is 10.6 Å². The van der Waals surface area contributed by atoms with Crippen LogP contribution in [0.2, 0.25) is 0 Å². The monoisotopic (exact) mass is 786 g/mol. The largest absolute Gasteiger partial charge is 0.446 e. The number of benzene rings is 1. The van der Waals surface area contributed by atoms with E-state index in [1.807, 2.05) is 30.3 Å². The van der Waals surface area contributed by atoms with Crippen LogP contribution in [0.3, 0.4) is 0 Å². The minimum Gasteiger partial charge on any atom is -0.446 e. The molecule has 1 aromatic rings. The molecule has 4 aliphatic carbocycles. The van der Waals surface area contributed by atoms with Gasteiger partial charge in [-0.05, 0) is 122 Å². The van der Waals surface area contributed by atoms with Gasteiger partial charge >= 0.3 is 6.09 Å². The summed E-state index contributed by atoms with van der Waals surface area (Å²) in [6.07, 6.45) is 20.3. The van der Waals surface area contributed by atoms with E-state index in [2.05, 4.69) is 44.4 Å². The number of amides is 2. The molecule has 0 saturated heterocycles. The number of ether oxygens (including phenoxy) is 1. The Labute approximate surface area is 331 Å². The van der Waals surface area contributed by atoms with Crippen LogP contribution >= 0.6 is 6.49 Å². The highest BCUT2D eigenvalue weighted by Crippen LogP contribution is 2.67. The number of hydrogen-bond donors (Lipinski definition) is 4. The van der Waals surface area contributed by atoms with Crippen LogP contribution in [0.5, 0.6) is 0 Å². The van der Waals surface area contributed by atoms with Gasteiger partial charge in [0.15, 0.2) is 6.49 Å². The number of nitrogens with one attached hydrogen (secondary N) is 2. The minimum absolute atomic E-state index is 0.0522. The molecular formula is C44H71N2O6PS. The molecule has 4 N–H and O–H groups in total. The zero-order chi connectivity index (χ0) is 38.9. The van der Waals surface area contributed by atoms with Crippen molar-refractivity contribution in [3.05, 3.63) is 47.5 Å². The number of aliphatic hydroxyl groups excluding tert-OH is 1. The van der Waals surface area contributed by atoms with Gasteiger partial charge in [0.05, 0.1) is 12.6 Å². The molecule has 2 amide bonds. The average molecular weight is 787 g/mol. The highest BCUT2D eigenvalue weighted by Gasteiger charge is 2.58. The number of aliphatic hydroxyl groups is 1. The summed E-state index contributed by atoms with van der Waals surface area (Å²) in [5.41, 5.74) is 3.05. The third-order valence-corrected chi connectivity index (χ3v) is 14.9. The van der Waals surface area contributed by atoms with Crippen molar-refractivity contribution in [2.45, 2.75) is 155 Å². The standard InChI is InChI=1S/C44H71N2O6PS/c1-31(2)15-12-13-18-33-21-23-37-36-22-20-34-29-35(24-26-44(34,4)38(36)25-27-43(33,37)3)51-42(49)45-28-14-7-6-11-19-40(48)46-39(30-47)41(52-53(5,50)54)32-16-9-8-10-17-32/h8-10,16-17,20,31,33,35-39,41,47H,6-7,11-15,18-19,21-30H2,1-5H3,(H,45,49)(H,46,48)(H,50,54). The smallest absolute Gasteiger partial charge is 0.407 e. The SMILES string of the molecule is CC(C)CCCCC1CCC2C3CC=C4CC(OC(=O)NCCCCCCC(=O)NC(CO)C(OP(C)(O)=S)c5ccccc5)CCC4(C)C3CCC12C. The van der Waals surface area contributed by atoms with Crippen molar-refractivity contribution < 1.29 is 28.8 Å². The summed E-state index contributed by atoms with van der Waals surface area (Å²) in [6.45, 7) is 8.50. The topological polar surface area (TPSA) is 117 Å². The van der Waals surface area contributed by atoms with Gasteiger partial charge in [0.1, 0.15) is 12.2 Å². The molecule has 8 nitrogen and oxygen atoms in total. The van der Waals surface area contributed by atoms with Gasteiger partial charge < -0.3 is 29.9 Å². The lowest BCUT2D eigenvalue weighted by molar-refractivity contribution is -0.123. The fraction of sp³-hybridized carbons (Fsp3) is 0.773. The maximum atomic E-state index is 12.8. The van der Waals surface area contributed by atoms with Gasteiger partial charge in [0.25, 0.3) is 0 Å². The van der Waals surface area contributed by atoms with Crippen LogP contribution in [-0.4, -0.2) is 54.0 Å². The molecule has 0 aromatic heterocycles. The molecule has 3 fully saturated rings. The summed E-state index contributed by atoms with van der Waals surface area (Å²) in [5.74, 6) is 3.99. The normalized spacial score (nSPS) is 31.3. The Morgan fingerprint density at radius 3 is 2.46 bits per heavy atom. The average Bonchev–Trinajstić information content (AvgIpc) is 3.47. The van der Waals surface area contributed by atoms with Gasteiger partial charge in [-0.3, -0.25) is 4.79 Å². The summed E-state index contributed by atoms with van der Waals surface area (Å²) in [4.78, 5) is 35.8. The van der Waals surface area contributed by atoms with E-state index in [9.17, 15) is 19.6 Å². The third kappa shape index (κ3) is 11.2. The van der Waals surface area contributed by atoms with Crippen LogP contribution in [0, 0.1) is 40.4 Å². The first-order valence-electron chi connectivity index (χ1n) is 21.3. The second kappa shape index (κ2) is 19.6. The Hall–Kier alpha value is -1.77. The lowest BCUT2D eigenvalue weighted by atomic mass is 9.47. The van der Waals surface area contributed by atoms with E-state index < -0.39 is 18.6 Å². The van der Waals surface area contributed by atoms with Gasteiger partial charge in [-0.15, -0.1) is 0 Å². The number of fused-ring (bicyclic) bond motifs is 5. The van der Waals surface area contributed by atoms with Crippen molar-refractivity contribution in [3.8, 4) is 0 Å². The van der Waals surface area contributed by atoms with E-state index in [0.29, 0.717) is 24.8 Å². The van der Waals surface area contributed by atoms with E-state index in [1.54, 1.807) is 5.57 Å². The fourth-order valence-corrected chi connectivity index (χ4v) is 12.1. The molecule has 10 atom stereocenters. The Kier molecular flexibility index (Phi) is 15.7. The summed E-state index contributed by atoms with van der Waals surface area (Å²) in [5, 5.41) is 15.9. The second-order valence-corrected chi connectivity index (χ2v) is 22.1. The summed E-state index contributed by atoms with van der Waals surface area (Å²) in [6, 6.07) is 8.46. The molecule has 4 aliphatic rings. The van der Waals surface area contributed by atoms with Crippen molar-refractivity contribution in [2.75, 3.05) is 19.8 Å². The zero-order valence-electron chi connectivity index (χ0n) is 33.9. The van der Waals surface area contributed by atoms with Crippen molar-refractivity contribution in [2.24, 2.45) is 40.4 Å². The van der Waals surface area contributed by atoms with Crippen LogP contribution in [0.4, 0.5) is 4.79 Å². The number of rotatable bonds is 19. The lowest BCUT2D eigenvalue weighted by Gasteiger charge is -2.58. The molecule has 0 aliphatic heterocycles. The van der Waals surface area contributed by atoms with Crippen molar-refractivity contribution in [3.63, 3.8) is 0 Å². The van der Waals surface area contributed by atoms with E-state index in [1.165, 1.54) is 64.5 Å². The van der Waals surface area contributed by atoms with Crippen LogP contribution in [0.15, 0.2) is 42.0 Å². The van der Waals surface area contributed by atoms with Gasteiger partial charge in [0, 0.05) is 26.1 Å². The maximum Gasteiger partial charge on any atom is 0.407 e. The fourth-order valence-electron chi connectivity index (χ4n) is 11.1. The predicted octanol–water partition coefficient (Wildman–Crippen LogP) is 9.99. The number of carbonyl (C=O) groups is 2. The van der Waals surface area contributed by atoms with Crippen molar-refractivity contribution >= 4 is 30.3 Å². The molecule has 0 radical (unpaired) electrons. The Morgan fingerprint density at radius 2 is 1.74 bits per heavy atom. The molecule has 0 heterocycles. The quantitative estimate of drug-likeness (QED) is 0.0627.